The van der Waals surface area contributed by atoms with E-state index in [-0.39, 0.29) is 12.2 Å². The predicted octanol–water partition coefficient (Wildman–Crippen LogP) is -0.130. The highest BCUT2D eigenvalue weighted by Gasteiger charge is 2.50. The Morgan fingerprint density at radius 3 is 2.79 bits per heavy atom. The van der Waals surface area contributed by atoms with Gasteiger partial charge in [0.15, 0.2) is 12.1 Å². The van der Waals surface area contributed by atoms with Crippen LogP contribution in [0, 0.1) is 0 Å². The highest BCUT2D eigenvalue weighted by molar-refractivity contribution is 4.91. The van der Waals surface area contributed by atoms with Crippen molar-refractivity contribution < 1.29 is 24.1 Å². The lowest BCUT2D eigenvalue weighted by molar-refractivity contribution is -0.300. The van der Waals surface area contributed by atoms with E-state index < -0.39 is 18.2 Å². The smallest absolute Gasteiger partial charge is 0.186 e. The van der Waals surface area contributed by atoms with Crippen LogP contribution in [0.25, 0.3) is 0 Å². The summed E-state index contributed by atoms with van der Waals surface area (Å²) >= 11 is 0. The van der Waals surface area contributed by atoms with Crippen molar-refractivity contribution in [2.75, 3.05) is 13.7 Å². The Bertz CT molecular complexity index is 215. The summed E-state index contributed by atoms with van der Waals surface area (Å²) in [6, 6.07) is 0. The molecule has 2 aliphatic rings. The van der Waals surface area contributed by atoms with Crippen LogP contribution in [0.1, 0.15) is 13.8 Å². The Morgan fingerprint density at radius 1 is 1.43 bits per heavy atom. The standard InChI is InChI=1S/C9H16O5/c1-9(2)12-4-5-7(14-9)6(10)8(11-3)13-5/h5-8,10H,4H2,1-3H3/t5-,6-,7+,8-/m1/s1. The van der Waals surface area contributed by atoms with Gasteiger partial charge in [0.05, 0.1) is 6.61 Å². The zero-order chi connectivity index (χ0) is 10.3. The molecule has 2 heterocycles. The Hall–Kier alpha value is -0.200. The van der Waals surface area contributed by atoms with E-state index in [1.165, 1.54) is 7.11 Å². The number of aliphatic hydroxyl groups excluding tert-OH is 1. The van der Waals surface area contributed by atoms with Crippen molar-refractivity contribution in [2.24, 2.45) is 0 Å². The molecule has 4 atom stereocenters. The zero-order valence-electron chi connectivity index (χ0n) is 8.60. The van der Waals surface area contributed by atoms with E-state index in [4.69, 9.17) is 18.9 Å². The molecule has 5 nitrogen and oxygen atoms in total. The van der Waals surface area contributed by atoms with Crippen molar-refractivity contribution in [1.29, 1.82) is 0 Å². The molecule has 0 aliphatic carbocycles. The van der Waals surface area contributed by atoms with E-state index in [9.17, 15) is 5.11 Å². The minimum atomic E-state index is -0.742. The SMILES string of the molecule is CO[C@@H]1O[C@@H]2COC(C)(C)O[C@@H]2[C@H]1O. The van der Waals surface area contributed by atoms with Gasteiger partial charge >= 0.3 is 0 Å². The molecule has 5 heteroatoms. The summed E-state index contributed by atoms with van der Waals surface area (Å²) in [5, 5.41) is 9.79. The minimum Gasteiger partial charge on any atom is -0.385 e. The number of fused-ring (bicyclic) bond motifs is 1. The Balaban J connectivity index is 2.07. The van der Waals surface area contributed by atoms with Crippen LogP contribution in [-0.2, 0) is 18.9 Å². The number of hydrogen-bond donors (Lipinski definition) is 1. The van der Waals surface area contributed by atoms with Gasteiger partial charge in [-0.1, -0.05) is 0 Å². The largest absolute Gasteiger partial charge is 0.385 e. The third-order valence-corrected chi connectivity index (χ3v) is 2.54. The molecule has 0 spiro atoms. The van der Waals surface area contributed by atoms with Crippen molar-refractivity contribution in [3.05, 3.63) is 0 Å². The first-order valence-corrected chi connectivity index (χ1v) is 4.71. The molecule has 1 N–H and O–H groups in total. The van der Waals surface area contributed by atoms with Crippen LogP contribution < -0.4 is 0 Å². The fraction of sp³-hybridized carbons (Fsp3) is 1.00. The van der Waals surface area contributed by atoms with Crippen LogP contribution in [0.5, 0.6) is 0 Å². The fourth-order valence-corrected chi connectivity index (χ4v) is 1.82. The second-order valence-corrected chi connectivity index (χ2v) is 4.06. The summed E-state index contributed by atoms with van der Waals surface area (Å²) in [5.74, 6) is -0.659. The summed E-state index contributed by atoms with van der Waals surface area (Å²) in [7, 11) is 1.50. The van der Waals surface area contributed by atoms with Crippen LogP contribution in [-0.4, -0.2) is 49.2 Å². The lowest BCUT2D eigenvalue weighted by Crippen LogP contribution is -2.50. The Kier molecular flexibility index (Phi) is 2.53. The molecule has 2 saturated heterocycles. The van der Waals surface area contributed by atoms with Crippen LogP contribution in [0.4, 0.5) is 0 Å². The lowest BCUT2D eigenvalue weighted by atomic mass is 10.1. The number of ether oxygens (including phenoxy) is 4. The molecule has 0 saturated carbocycles. The van der Waals surface area contributed by atoms with Gasteiger partial charge in [-0.2, -0.15) is 0 Å². The molecule has 0 radical (unpaired) electrons. The van der Waals surface area contributed by atoms with Gasteiger partial charge in [0.1, 0.15) is 18.3 Å². The van der Waals surface area contributed by atoms with Gasteiger partial charge in [-0.05, 0) is 13.8 Å². The molecule has 2 aliphatic heterocycles. The molecule has 0 aromatic carbocycles. The first kappa shape index (κ1) is 10.3. The maximum atomic E-state index is 9.79. The van der Waals surface area contributed by atoms with Gasteiger partial charge in [-0.25, -0.2) is 0 Å². The van der Waals surface area contributed by atoms with Crippen LogP contribution in [0.15, 0.2) is 0 Å². The second kappa shape index (κ2) is 3.43. The van der Waals surface area contributed by atoms with Gasteiger partial charge in [-0.3, -0.25) is 0 Å². The monoisotopic (exact) mass is 204 g/mol. The van der Waals surface area contributed by atoms with Gasteiger partial charge < -0.3 is 24.1 Å². The maximum absolute atomic E-state index is 9.79. The van der Waals surface area contributed by atoms with Crippen molar-refractivity contribution in [3.63, 3.8) is 0 Å². The minimum absolute atomic E-state index is 0.233. The zero-order valence-corrected chi connectivity index (χ0v) is 8.60. The number of aliphatic hydroxyl groups is 1. The van der Waals surface area contributed by atoms with Gasteiger partial charge in [0, 0.05) is 7.11 Å². The number of methoxy groups -OCH3 is 1. The molecule has 2 fully saturated rings. The highest BCUT2D eigenvalue weighted by atomic mass is 16.8. The molecule has 82 valence electrons. The van der Waals surface area contributed by atoms with E-state index in [2.05, 4.69) is 0 Å². The van der Waals surface area contributed by atoms with Crippen molar-refractivity contribution in [3.8, 4) is 0 Å². The van der Waals surface area contributed by atoms with E-state index in [0.717, 1.165) is 0 Å². The van der Waals surface area contributed by atoms with E-state index in [1.54, 1.807) is 0 Å². The van der Waals surface area contributed by atoms with Crippen LogP contribution in [0.3, 0.4) is 0 Å². The maximum Gasteiger partial charge on any atom is 0.186 e. The van der Waals surface area contributed by atoms with Gasteiger partial charge in [-0.15, -0.1) is 0 Å². The highest BCUT2D eigenvalue weighted by Crippen LogP contribution is 2.33. The normalized spacial score (nSPS) is 46.3. The Morgan fingerprint density at radius 2 is 2.14 bits per heavy atom. The van der Waals surface area contributed by atoms with Crippen LogP contribution in [0.2, 0.25) is 0 Å². The average Bonchev–Trinajstić information content (AvgIpc) is 2.42. The predicted molar refractivity (Wildman–Crippen MR) is 46.6 cm³/mol. The van der Waals surface area contributed by atoms with Crippen molar-refractivity contribution in [2.45, 2.75) is 44.2 Å². The molecule has 14 heavy (non-hydrogen) atoms. The molecular weight excluding hydrogens is 188 g/mol. The summed E-state index contributed by atoms with van der Waals surface area (Å²) < 4.78 is 21.3. The second-order valence-electron chi connectivity index (χ2n) is 4.06. The third-order valence-electron chi connectivity index (χ3n) is 2.54. The summed E-state index contributed by atoms with van der Waals surface area (Å²) in [6.45, 7) is 4.06. The average molecular weight is 204 g/mol. The Labute approximate surface area is 82.9 Å². The molecule has 0 unspecified atom stereocenters. The number of hydrogen-bond acceptors (Lipinski definition) is 5. The van der Waals surface area contributed by atoms with Crippen LogP contribution >= 0.6 is 0 Å². The van der Waals surface area contributed by atoms with Gasteiger partial charge in [0.25, 0.3) is 0 Å². The first-order valence-electron chi connectivity index (χ1n) is 4.71. The first-order chi connectivity index (χ1) is 6.53. The molecule has 0 bridgehead atoms. The fourth-order valence-electron chi connectivity index (χ4n) is 1.82. The number of rotatable bonds is 1. The summed E-state index contributed by atoms with van der Waals surface area (Å²) in [4.78, 5) is 0. The molecule has 0 aromatic heterocycles. The van der Waals surface area contributed by atoms with Crippen molar-refractivity contribution in [1.82, 2.24) is 0 Å². The van der Waals surface area contributed by atoms with E-state index in [0.29, 0.717) is 6.61 Å². The lowest BCUT2D eigenvalue weighted by Gasteiger charge is -2.37. The summed E-state index contributed by atoms with van der Waals surface area (Å²) in [5.41, 5.74) is 0. The van der Waals surface area contributed by atoms with Crippen molar-refractivity contribution >= 4 is 0 Å². The topological polar surface area (TPSA) is 57.2 Å². The molecule has 0 aromatic rings. The molecule has 0 amide bonds. The molecule has 2 rings (SSSR count). The quantitative estimate of drug-likeness (QED) is 0.644. The van der Waals surface area contributed by atoms with E-state index in [1.807, 2.05) is 13.8 Å². The molecular formula is C9H16O5. The van der Waals surface area contributed by atoms with E-state index >= 15 is 0 Å². The van der Waals surface area contributed by atoms with Gasteiger partial charge in [0.2, 0.25) is 0 Å². The third kappa shape index (κ3) is 1.66. The summed E-state index contributed by atoms with van der Waals surface area (Å²) in [6.07, 6.45) is -1.94.